The van der Waals surface area contributed by atoms with Gasteiger partial charge in [0.2, 0.25) is 5.91 Å². The highest BCUT2D eigenvalue weighted by atomic mass is 32.1. The van der Waals surface area contributed by atoms with Crippen molar-refractivity contribution in [2.45, 2.75) is 46.6 Å². The quantitative estimate of drug-likeness (QED) is 0.754. The van der Waals surface area contributed by atoms with Crippen LogP contribution >= 0.6 is 11.3 Å². The number of aromatic nitrogens is 3. The lowest BCUT2D eigenvalue weighted by atomic mass is 9.89. The van der Waals surface area contributed by atoms with Crippen LogP contribution in [-0.2, 0) is 24.2 Å². The molecule has 4 rings (SSSR count). The molecule has 0 fully saturated rings. The number of thiophene rings is 1. The third kappa shape index (κ3) is 3.39. The minimum Gasteiger partial charge on any atom is -0.324 e. The van der Waals surface area contributed by atoms with Crippen molar-refractivity contribution >= 4 is 33.1 Å². The van der Waals surface area contributed by atoms with Crippen LogP contribution in [-0.4, -0.2) is 20.9 Å². The number of nitrogens with one attached hydrogen (secondary N) is 1. The normalized spacial score (nSPS) is 16.3. The molecule has 1 aliphatic rings. The van der Waals surface area contributed by atoms with Crippen molar-refractivity contribution in [2.75, 3.05) is 5.32 Å². The van der Waals surface area contributed by atoms with Crippen LogP contribution in [0.3, 0.4) is 0 Å². The van der Waals surface area contributed by atoms with Gasteiger partial charge in [-0.25, -0.2) is 4.68 Å². The van der Waals surface area contributed by atoms with E-state index < -0.39 is 0 Å². The van der Waals surface area contributed by atoms with Crippen LogP contribution in [0.4, 0.5) is 5.69 Å². The van der Waals surface area contributed by atoms with E-state index in [0.717, 1.165) is 41.6 Å². The standard InChI is InChI=1S/C20H22N4O2S/c1-11-4-6-13(3)15(8-11)21-17(25)10-24-20(26)18-14-7-5-12(2)9-16(14)27-19(18)22-23-24/h4,6,8,12H,5,7,9-10H2,1-3H3,(H,21,25). The molecule has 1 aromatic carbocycles. The van der Waals surface area contributed by atoms with E-state index in [1.807, 2.05) is 32.0 Å². The number of carbonyl (C=O) groups is 1. The zero-order valence-corrected chi connectivity index (χ0v) is 16.5. The fourth-order valence-electron chi connectivity index (χ4n) is 3.59. The number of hydrogen-bond acceptors (Lipinski definition) is 5. The summed E-state index contributed by atoms with van der Waals surface area (Å²) >= 11 is 1.56. The Morgan fingerprint density at radius 3 is 3.00 bits per heavy atom. The number of anilines is 1. The summed E-state index contributed by atoms with van der Waals surface area (Å²) in [6, 6.07) is 5.87. The monoisotopic (exact) mass is 382 g/mol. The Balaban J connectivity index is 1.62. The van der Waals surface area contributed by atoms with Gasteiger partial charge in [-0.2, -0.15) is 0 Å². The molecule has 2 aromatic heterocycles. The lowest BCUT2D eigenvalue weighted by Crippen LogP contribution is -2.30. The molecule has 0 aliphatic heterocycles. The number of benzene rings is 1. The largest absolute Gasteiger partial charge is 0.324 e. The Bertz CT molecular complexity index is 1100. The van der Waals surface area contributed by atoms with Crippen LogP contribution in [0.2, 0.25) is 0 Å². The van der Waals surface area contributed by atoms with E-state index in [0.29, 0.717) is 16.1 Å². The Hall–Kier alpha value is -2.54. The molecular formula is C20H22N4O2S. The van der Waals surface area contributed by atoms with Gasteiger partial charge in [0.15, 0.2) is 4.83 Å². The Morgan fingerprint density at radius 2 is 2.19 bits per heavy atom. The van der Waals surface area contributed by atoms with Gasteiger partial charge in [0.05, 0.1) is 5.39 Å². The summed E-state index contributed by atoms with van der Waals surface area (Å²) in [7, 11) is 0. The average Bonchev–Trinajstić information content (AvgIpc) is 2.98. The molecule has 0 bridgehead atoms. The van der Waals surface area contributed by atoms with Crippen molar-refractivity contribution in [2.24, 2.45) is 5.92 Å². The average molecular weight is 382 g/mol. The molecule has 27 heavy (non-hydrogen) atoms. The zero-order chi connectivity index (χ0) is 19.1. The molecule has 3 aromatic rings. The molecule has 140 valence electrons. The number of amides is 1. The summed E-state index contributed by atoms with van der Waals surface area (Å²) < 4.78 is 1.17. The van der Waals surface area contributed by atoms with Crippen molar-refractivity contribution < 1.29 is 4.79 Å². The van der Waals surface area contributed by atoms with Crippen LogP contribution in [0.5, 0.6) is 0 Å². The lowest BCUT2D eigenvalue weighted by molar-refractivity contribution is -0.117. The SMILES string of the molecule is Cc1ccc(C)c(NC(=O)Cn2nnc3sc4c(c3c2=O)CCC(C)C4)c1. The molecule has 0 saturated heterocycles. The fraction of sp³-hybridized carbons (Fsp3) is 0.400. The molecule has 1 amide bonds. The smallest absolute Gasteiger partial charge is 0.279 e. The zero-order valence-electron chi connectivity index (χ0n) is 15.7. The highest BCUT2D eigenvalue weighted by Gasteiger charge is 2.24. The first-order valence-corrected chi connectivity index (χ1v) is 9.99. The third-order valence-electron chi connectivity index (χ3n) is 5.15. The summed E-state index contributed by atoms with van der Waals surface area (Å²) in [6.07, 6.45) is 2.96. The minimum atomic E-state index is -0.280. The first kappa shape index (κ1) is 17.9. The van der Waals surface area contributed by atoms with Crippen LogP contribution in [0, 0.1) is 19.8 Å². The predicted octanol–water partition coefficient (Wildman–Crippen LogP) is 3.23. The fourth-order valence-corrected chi connectivity index (χ4v) is 4.91. The topological polar surface area (TPSA) is 76.9 Å². The molecule has 0 spiro atoms. The molecule has 1 N–H and O–H groups in total. The molecule has 7 heteroatoms. The van der Waals surface area contributed by atoms with E-state index in [1.165, 1.54) is 9.56 Å². The summed E-state index contributed by atoms with van der Waals surface area (Å²) in [5.41, 5.74) is 3.68. The number of fused-ring (bicyclic) bond motifs is 3. The number of aryl methyl sites for hydroxylation is 3. The molecule has 0 radical (unpaired) electrons. The van der Waals surface area contributed by atoms with Crippen molar-refractivity contribution in [3.63, 3.8) is 0 Å². The summed E-state index contributed by atoms with van der Waals surface area (Å²) in [5.74, 6) is 0.348. The molecule has 6 nitrogen and oxygen atoms in total. The predicted molar refractivity (Wildman–Crippen MR) is 107 cm³/mol. The summed E-state index contributed by atoms with van der Waals surface area (Å²) in [6.45, 7) is 6.00. The van der Waals surface area contributed by atoms with E-state index in [4.69, 9.17) is 0 Å². The van der Waals surface area contributed by atoms with Gasteiger partial charge < -0.3 is 5.32 Å². The van der Waals surface area contributed by atoms with Gasteiger partial charge in [0, 0.05) is 10.6 Å². The second kappa shape index (κ2) is 6.88. The van der Waals surface area contributed by atoms with Crippen molar-refractivity contribution in [1.82, 2.24) is 15.0 Å². The van der Waals surface area contributed by atoms with Crippen molar-refractivity contribution in [3.8, 4) is 0 Å². The summed E-state index contributed by atoms with van der Waals surface area (Å²) in [5, 5.41) is 11.7. The van der Waals surface area contributed by atoms with Crippen LogP contribution < -0.4 is 10.9 Å². The lowest BCUT2D eigenvalue weighted by Gasteiger charge is -2.17. The van der Waals surface area contributed by atoms with Gasteiger partial charge in [-0.3, -0.25) is 9.59 Å². The van der Waals surface area contributed by atoms with Crippen molar-refractivity contribution in [3.05, 3.63) is 50.1 Å². The van der Waals surface area contributed by atoms with Crippen molar-refractivity contribution in [1.29, 1.82) is 0 Å². The van der Waals surface area contributed by atoms with Crippen LogP contribution in [0.25, 0.3) is 10.2 Å². The maximum atomic E-state index is 12.9. The van der Waals surface area contributed by atoms with Crippen LogP contribution in [0.15, 0.2) is 23.0 Å². The number of nitrogens with zero attached hydrogens (tertiary/aromatic N) is 3. The van der Waals surface area contributed by atoms with Gasteiger partial charge in [-0.05, 0) is 61.8 Å². The van der Waals surface area contributed by atoms with Gasteiger partial charge in [0.25, 0.3) is 5.56 Å². The maximum absolute atomic E-state index is 12.9. The number of carbonyl (C=O) groups excluding carboxylic acids is 1. The third-order valence-corrected chi connectivity index (χ3v) is 6.28. The molecule has 2 heterocycles. The van der Waals surface area contributed by atoms with E-state index in [1.54, 1.807) is 11.3 Å². The molecule has 1 aliphatic carbocycles. The van der Waals surface area contributed by atoms with Gasteiger partial charge in [-0.1, -0.05) is 24.3 Å². The van der Waals surface area contributed by atoms with Gasteiger partial charge >= 0.3 is 0 Å². The molecular weight excluding hydrogens is 360 g/mol. The molecule has 0 saturated carbocycles. The maximum Gasteiger partial charge on any atom is 0.279 e. The molecule has 1 unspecified atom stereocenters. The first-order valence-electron chi connectivity index (χ1n) is 9.17. The minimum absolute atomic E-state index is 0.143. The van der Waals surface area contributed by atoms with E-state index in [-0.39, 0.29) is 18.0 Å². The second-order valence-corrected chi connectivity index (χ2v) is 8.53. The highest BCUT2D eigenvalue weighted by molar-refractivity contribution is 7.18. The second-order valence-electron chi connectivity index (χ2n) is 7.45. The van der Waals surface area contributed by atoms with Gasteiger partial charge in [-0.15, -0.1) is 16.4 Å². The Morgan fingerprint density at radius 1 is 1.37 bits per heavy atom. The molecule has 1 atom stereocenters. The van der Waals surface area contributed by atoms with E-state index in [2.05, 4.69) is 22.6 Å². The highest BCUT2D eigenvalue weighted by Crippen LogP contribution is 2.35. The summed E-state index contributed by atoms with van der Waals surface area (Å²) in [4.78, 5) is 27.3. The number of hydrogen-bond donors (Lipinski definition) is 1. The first-order chi connectivity index (χ1) is 12.9. The van der Waals surface area contributed by atoms with E-state index in [9.17, 15) is 9.59 Å². The van der Waals surface area contributed by atoms with Gasteiger partial charge in [0.1, 0.15) is 6.54 Å². The Kier molecular flexibility index (Phi) is 4.55. The van der Waals surface area contributed by atoms with E-state index >= 15 is 0 Å². The Labute approximate surface area is 161 Å². The number of rotatable bonds is 3. The van der Waals surface area contributed by atoms with Crippen LogP contribution in [0.1, 0.15) is 34.9 Å².